The van der Waals surface area contributed by atoms with Gasteiger partial charge in [-0.05, 0) is 28.2 Å². The molecule has 0 saturated carbocycles. The third kappa shape index (κ3) is 9.76. The van der Waals surface area contributed by atoms with Crippen LogP contribution in [0.15, 0.2) is 0 Å². The standard InChI is InChI=1S/C3H12N2O6P2.4Na/c4-2-1-3(5,12(6,7)8)13(9,10)11;;;;/h1-2,4-5H2,(H2,6,7,8)(H2,9,10,11);;;;/q;4*+1/p-4. The van der Waals surface area contributed by atoms with Crippen LogP contribution in [0, 0.1) is 0 Å². The molecule has 0 heterocycles. The largest absolute Gasteiger partial charge is 1.00 e. The van der Waals surface area contributed by atoms with E-state index in [4.69, 9.17) is 11.5 Å². The first-order valence-corrected chi connectivity index (χ1v) is 6.18. The first kappa shape index (κ1) is 33.0. The van der Waals surface area contributed by atoms with Crippen LogP contribution in [-0.2, 0) is 9.13 Å². The van der Waals surface area contributed by atoms with Crippen molar-refractivity contribution in [2.45, 2.75) is 11.4 Å². The van der Waals surface area contributed by atoms with Crippen molar-refractivity contribution in [1.82, 2.24) is 0 Å². The quantitative estimate of drug-likeness (QED) is 0.378. The molecule has 4 N–H and O–H groups in total. The molecule has 0 aromatic carbocycles. The van der Waals surface area contributed by atoms with E-state index in [1.165, 1.54) is 0 Å². The third-order valence-corrected chi connectivity index (χ3v) is 5.27. The van der Waals surface area contributed by atoms with Crippen LogP contribution in [0.5, 0.6) is 0 Å². The Labute approximate surface area is 188 Å². The van der Waals surface area contributed by atoms with Gasteiger partial charge in [-0.15, -0.1) is 0 Å². The van der Waals surface area contributed by atoms with Gasteiger partial charge >= 0.3 is 118 Å². The molecule has 0 spiro atoms. The van der Waals surface area contributed by atoms with Crippen LogP contribution in [0.3, 0.4) is 0 Å². The Hall–Kier alpha value is 4.22. The van der Waals surface area contributed by atoms with Crippen LogP contribution in [-0.4, -0.2) is 11.6 Å². The zero-order chi connectivity index (χ0) is 10.9. The van der Waals surface area contributed by atoms with E-state index in [0.717, 1.165) is 0 Å². The predicted molar refractivity (Wildman–Crippen MR) is 35.8 cm³/mol. The van der Waals surface area contributed by atoms with E-state index >= 15 is 0 Å². The van der Waals surface area contributed by atoms with Crippen molar-refractivity contribution in [2.24, 2.45) is 11.5 Å². The van der Waals surface area contributed by atoms with Gasteiger partial charge in [0.1, 0.15) is 0 Å². The van der Waals surface area contributed by atoms with Gasteiger partial charge in [0.15, 0.2) is 0 Å². The van der Waals surface area contributed by atoms with Crippen molar-refractivity contribution in [1.29, 1.82) is 0 Å². The first-order valence-electron chi connectivity index (χ1n) is 3.09. The molecule has 0 rings (SSSR count). The van der Waals surface area contributed by atoms with Gasteiger partial charge in [0.25, 0.3) is 0 Å². The predicted octanol–water partition coefficient (Wildman–Crippen LogP) is -16.2. The average molecular weight is 322 g/mol. The summed E-state index contributed by atoms with van der Waals surface area (Å²) in [5, 5.41) is -3.31. The molecule has 0 amide bonds. The van der Waals surface area contributed by atoms with Gasteiger partial charge in [-0.3, -0.25) is 0 Å². The molecule has 0 aliphatic heterocycles. The van der Waals surface area contributed by atoms with Crippen molar-refractivity contribution in [2.75, 3.05) is 6.54 Å². The van der Waals surface area contributed by atoms with Crippen LogP contribution in [0.25, 0.3) is 0 Å². The van der Waals surface area contributed by atoms with E-state index in [9.17, 15) is 28.7 Å². The fourth-order valence-electron chi connectivity index (χ4n) is 0.636. The molecule has 0 unspecified atom stereocenters. The number of hydrogen-bond donors (Lipinski definition) is 2. The molecule has 0 bridgehead atoms. The van der Waals surface area contributed by atoms with Gasteiger partial charge in [-0.1, -0.05) is 0 Å². The molecule has 0 aromatic heterocycles. The summed E-state index contributed by atoms with van der Waals surface area (Å²) in [6.07, 6.45) is -0.901. The molecule has 0 aliphatic carbocycles. The van der Waals surface area contributed by atoms with Crippen LogP contribution in [0.1, 0.15) is 6.42 Å². The molecule has 0 aliphatic rings. The van der Waals surface area contributed by atoms with Crippen molar-refractivity contribution >= 4 is 15.2 Å². The monoisotopic (exact) mass is 322 g/mol. The summed E-state index contributed by atoms with van der Waals surface area (Å²) in [6, 6.07) is 0. The molecule has 0 atom stereocenters. The van der Waals surface area contributed by atoms with Crippen molar-refractivity contribution < 1.29 is 147 Å². The van der Waals surface area contributed by atoms with E-state index in [1.807, 2.05) is 0 Å². The molecule has 80 valence electrons. The average Bonchev–Trinajstić information content (AvgIpc) is 1.82. The van der Waals surface area contributed by atoms with Gasteiger partial charge in [0.05, 0.1) is 5.02 Å². The summed E-state index contributed by atoms with van der Waals surface area (Å²) in [5.74, 6) is 0. The Morgan fingerprint density at radius 3 is 1.18 bits per heavy atom. The second-order valence-corrected chi connectivity index (χ2v) is 6.35. The number of hydrogen-bond acceptors (Lipinski definition) is 8. The summed E-state index contributed by atoms with van der Waals surface area (Å²) < 4.78 is 20.8. The van der Waals surface area contributed by atoms with Crippen LogP contribution >= 0.6 is 15.2 Å². The minimum atomic E-state index is -5.72. The van der Waals surface area contributed by atoms with Crippen molar-refractivity contribution in [3.8, 4) is 0 Å². The Morgan fingerprint density at radius 1 is 0.882 bits per heavy atom. The molecular weight excluding hydrogens is 314 g/mol. The molecule has 14 heteroatoms. The second-order valence-electron chi connectivity index (χ2n) is 2.41. The fraction of sp³-hybridized carbons (Fsp3) is 1.00. The normalized spacial score (nSPS) is 11.2. The number of rotatable bonds is 4. The fourth-order valence-corrected chi connectivity index (χ4v) is 2.64. The Kier molecular flexibility index (Phi) is 24.7. The van der Waals surface area contributed by atoms with Crippen LogP contribution < -0.4 is 149 Å². The minimum absolute atomic E-state index is 0. The molecular formula is C3H8N2Na4O6P2. The van der Waals surface area contributed by atoms with E-state index < -0.39 is 33.2 Å². The Bertz CT molecular complexity index is 258. The van der Waals surface area contributed by atoms with Crippen molar-refractivity contribution in [3.63, 3.8) is 0 Å². The summed E-state index contributed by atoms with van der Waals surface area (Å²) >= 11 is 0. The second kappa shape index (κ2) is 12.7. The summed E-state index contributed by atoms with van der Waals surface area (Å²) in [5.41, 5.74) is 9.54. The maximum absolute atomic E-state index is 10.4. The molecule has 0 radical (unpaired) electrons. The Balaban J connectivity index is -0.000000120. The molecule has 0 fully saturated rings. The van der Waals surface area contributed by atoms with E-state index in [1.54, 1.807) is 0 Å². The zero-order valence-electron chi connectivity index (χ0n) is 10.4. The molecule has 0 aromatic rings. The van der Waals surface area contributed by atoms with E-state index in [0.29, 0.717) is 0 Å². The van der Waals surface area contributed by atoms with Crippen LogP contribution in [0.4, 0.5) is 0 Å². The van der Waals surface area contributed by atoms with Gasteiger partial charge in [-0.2, -0.15) is 0 Å². The van der Waals surface area contributed by atoms with Crippen LogP contribution in [0.2, 0.25) is 0 Å². The summed E-state index contributed by atoms with van der Waals surface area (Å²) in [4.78, 5) is 41.6. The molecule has 8 nitrogen and oxygen atoms in total. The Morgan fingerprint density at radius 2 is 1.12 bits per heavy atom. The smallest absolute Gasteiger partial charge is 0.809 e. The maximum atomic E-state index is 10.4. The third-order valence-electron chi connectivity index (χ3n) is 1.46. The zero-order valence-corrected chi connectivity index (χ0v) is 20.2. The summed E-state index contributed by atoms with van der Waals surface area (Å²) in [6.45, 7) is -0.487. The van der Waals surface area contributed by atoms with E-state index in [-0.39, 0.29) is 118 Å². The van der Waals surface area contributed by atoms with Gasteiger partial charge < -0.3 is 40.2 Å². The van der Waals surface area contributed by atoms with Gasteiger partial charge in [-0.25, -0.2) is 0 Å². The topological polar surface area (TPSA) is 178 Å². The number of nitrogens with two attached hydrogens (primary N) is 2. The SMILES string of the molecule is NCCC(N)(P(=O)([O-])[O-])P(=O)([O-])[O-].[Na+].[Na+].[Na+].[Na+]. The maximum Gasteiger partial charge on any atom is 1.00 e. The summed E-state index contributed by atoms with van der Waals surface area (Å²) in [7, 11) is -11.4. The van der Waals surface area contributed by atoms with E-state index in [2.05, 4.69) is 0 Å². The van der Waals surface area contributed by atoms with Gasteiger partial charge in [0.2, 0.25) is 0 Å². The van der Waals surface area contributed by atoms with Gasteiger partial charge in [0, 0.05) is 0 Å². The molecule has 17 heavy (non-hydrogen) atoms. The first-order chi connectivity index (χ1) is 5.56. The molecule has 0 saturated heterocycles. The van der Waals surface area contributed by atoms with Crippen molar-refractivity contribution in [3.05, 3.63) is 0 Å². The minimum Gasteiger partial charge on any atom is -0.809 e.